The van der Waals surface area contributed by atoms with Gasteiger partial charge in [-0.15, -0.1) is 0 Å². The second kappa shape index (κ2) is 6.67. The summed E-state index contributed by atoms with van der Waals surface area (Å²) in [5.41, 5.74) is 0.632. The summed E-state index contributed by atoms with van der Waals surface area (Å²) < 4.78 is 4.91. The smallest absolute Gasteiger partial charge is 0.257 e. The fraction of sp³-hybridized carbons (Fsp3) is 0.545. The SMILES string of the molecule is CCCCN(CCBr)C(=O)c1ccoc1. The Kier molecular flexibility index (Phi) is 5.47. The van der Waals surface area contributed by atoms with Crippen molar-refractivity contribution in [1.29, 1.82) is 0 Å². The molecule has 0 aromatic carbocycles. The maximum absolute atomic E-state index is 11.9. The molecule has 0 unspecified atom stereocenters. The van der Waals surface area contributed by atoms with E-state index in [2.05, 4.69) is 22.9 Å². The Hall–Kier alpha value is -0.770. The Morgan fingerprint density at radius 3 is 2.87 bits per heavy atom. The Bertz CT molecular complexity index is 285. The maximum atomic E-state index is 11.9. The van der Waals surface area contributed by atoms with Crippen molar-refractivity contribution < 1.29 is 9.21 Å². The number of unbranched alkanes of at least 4 members (excludes halogenated alkanes) is 1. The molecule has 0 aliphatic heterocycles. The zero-order valence-corrected chi connectivity index (χ0v) is 10.5. The molecule has 0 radical (unpaired) electrons. The molecule has 0 bridgehead atoms. The largest absolute Gasteiger partial charge is 0.472 e. The van der Waals surface area contributed by atoms with Crippen molar-refractivity contribution in [2.75, 3.05) is 18.4 Å². The van der Waals surface area contributed by atoms with Gasteiger partial charge in [-0.2, -0.15) is 0 Å². The molecule has 0 N–H and O–H groups in total. The van der Waals surface area contributed by atoms with E-state index in [1.165, 1.54) is 12.5 Å². The first-order valence-corrected chi connectivity index (χ1v) is 6.29. The molecule has 4 heteroatoms. The molecular weight excluding hydrogens is 258 g/mol. The third-order valence-corrected chi connectivity index (χ3v) is 2.55. The molecule has 3 nitrogen and oxygen atoms in total. The summed E-state index contributed by atoms with van der Waals surface area (Å²) in [7, 11) is 0. The van der Waals surface area contributed by atoms with Gasteiger partial charge in [-0.25, -0.2) is 0 Å². The first kappa shape index (κ1) is 12.3. The van der Waals surface area contributed by atoms with Gasteiger partial charge in [0, 0.05) is 18.4 Å². The Balaban J connectivity index is 2.58. The van der Waals surface area contributed by atoms with Crippen molar-refractivity contribution in [3.05, 3.63) is 24.2 Å². The number of rotatable bonds is 6. The van der Waals surface area contributed by atoms with E-state index in [0.29, 0.717) is 5.56 Å². The Morgan fingerprint density at radius 1 is 1.53 bits per heavy atom. The lowest BCUT2D eigenvalue weighted by atomic mass is 10.2. The van der Waals surface area contributed by atoms with E-state index >= 15 is 0 Å². The van der Waals surface area contributed by atoms with Gasteiger partial charge in [0.1, 0.15) is 6.26 Å². The molecule has 15 heavy (non-hydrogen) atoms. The highest BCUT2D eigenvalue weighted by Crippen LogP contribution is 2.07. The predicted molar refractivity (Wildman–Crippen MR) is 63.3 cm³/mol. The number of nitrogens with zero attached hydrogens (tertiary/aromatic N) is 1. The number of alkyl halides is 1. The van der Waals surface area contributed by atoms with Crippen LogP contribution in [-0.4, -0.2) is 29.2 Å². The van der Waals surface area contributed by atoms with Crippen LogP contribution in [0.3, 0.4) is 0 Å². The molecule has 1 heterocycles. The fourth-order valence-electron chi connectivity index (χ4n) is 1.33. The minimum atomic E-state index is 0.0525. The molecule has 1 aromatic rings. The normalized spacial score (nSPS) is 10.3. The minimum absolute atomic E-state index is 0.0525. The van der Waals surface area contributed by atoms with Crippen LogP contribution in [0.4, 0.5) is 0 Å². The van der Waals surface area contributed by atoms with Crippen LogP contribution in [0.1, 0.15) is 30.1 Å². The van der Waals surface area contributed by atoms with Gasteiger partial charge in [0.25, 0.3) is 5.91 Å². The molecule has 0 aliphatic rings. The molecule has 0 saturated heterocycles. The summed E-state index contributed by atoms with van der Waals surface area (Å²) >= 11 is 3.36. The molecule has 0 fully saturated rings. The molecule has 0 atom stereocenters. The number of halogens is 1. The van der Waals surface area contributed by atoms with Crippen molar-refractivity contribution >= 4 is 21.8 Å². The van der Waals surface area contributed by atoms with Crippen LogP contribution in [0.15, 0.2) is 23.0 Å². The van der Waals surface area contributed by atoms with Crippen LogP contribution in [0, 0.1) is 0 Å². The van der Waals surface area contributed by atoms with Crippen molar-refractivity contribution in [3.63, 3.8) is 0 Å². The molecule has 0 saturated carbocycles. The van der Waals surface area contributed by atoms with E-state index in [1.807, 2.05) is 4.90 Å². The summed E-state index contributed by atoms with van der Waals surface area (Å²) in [6, 6.07) is 1.70. The molecule has 0 spiro atoms. The zero-order valence-electron chi connectivity index (χ0n) is 8.91. The summed E-state index contributed by atoms with van der Waals surface area (Å²) in [5, 5.41) is 0.806. The van der Waals surface area contributed by atoms with Crippen molar-refractivity contribution in [2.45, 2.75) is 19.8 Å². The topological polar surface area (TPSA) is 33.5 Å². The van der Waals surface area contributed by atoms with Gasteiger partial charge < -0.3 is 9.32 Å². The molecule has 1 rings (SSSR count). The van der Waals surface area contributed by atoms with Gasteiger partial charge in [0.2, 0.25) is 0 Å². The highest BCUT2D eigenvalue weighted by Gasteiger charge is 2.15. The summed E-state index contributed by atoms with van der Waals surface area (Å²) in [5.74, 6) is 0.0525. The summed E-state index contributed by atoms with van der Waals surface area (Å²) in [6.07, 6.45) is 5.16. The molecule has 0 aliphatic carbocycles. The second-order valence-corrected chi connectivity index (χ2v) is 4.14. The Morgan fingerprint density at radius 2 is 2.33 bits per heavy atom. The van der Waals surface area contributed by atoms with Gasteiger partial charge in [0.05, 0.1) is 11.8 Å². The number of hydrogen-bond donors (Lipinski definition) is 0. The number of carbonyl (C=O) groups excluding carboxylic acids is 1. The number of hydrogen-bond acceptors (Lipinski definition) is 2. The van der Waals surface area contributed by atoms with Crippen molar-refractivity contribution in [2.24, 2.45) is 0 Å². The monoisotopic (exact) mass is 273 g/mol. The first-order valence-electron chi connectivity index (χ1n) is 5.17. The van der Waals surface area contributed by atoms with Gasteiger partial charge in [0.15, 0.2) is 0 Å². The second-order valence-electron chi connectivity index (χ2n) is 3.35. The van der Waals surface area contributed by atoms with Crippen LogP contribution in [0.5, 0.6) is 0 Å². The van der Waals surface area contributed by atoms with Crippen LogP contribution in [0.2, 0.25) is 0 Å². The van der Waals surface area contributed by atoms with Crippen LogP contribution >= 0.6 is 15.9 Å². The standard InChI is InChI=1S/C11H16BrNO2/c1-2-3-6-13(7-5-12)11(14)10-4-8-15-9-10/h4,8-9H,2-3,5-7H2,1H3. The average Bonchev–Trinajstić information content (AvgIpc) is 2.76. The lowest BCUT2D eigenvalue weighted by Crippen LogP contribution is -2.33. The van der Waals surface area contributed by atoms with Gasteiger partial charge >= 0.3 is 0 Å². The van der Waals surface area contributed by atoms with E-state index in [-0.39, 0.29) is 5.91 Å². The third kappa shape index (κ3) is 3.70. The van der Waals surface area contributed by atoms with E-state index in [0.717, 1.165) is 31.3 Å². The molecule has 1 aromatic heterocycles. The van der Waals surface area contributed by atoms with Crippen molar-refractivity contribution in [3.8, 4) is 0 Å². The van der Waals surface area contributed by atoms with E-state index < -0.39 is 0 Å². The molecular formula is C11H16BrNO2. The number of furan rings is 1. The van der Waals surface area contributed by atoms with E-state index in [9.17, 15) is 4.79 Å². The quantitative estimate of drug-likeness (QED) is 0.747. The molecule has 1 amide bonds. The molecule has 84 valence electrons. The van der Waals surface area contributed by atoms with Crippen LogP contribution in [0.25, 0.3) is 0 Å². The average molecular weight is 274 g/mol. The van der Waals surface area contributed by atoms with Crippen LogP contribution in [-0.2, 0) is 0 Å². The third-order valence-electron chi connectivity index (χ3n) is 2.19. The van der Waals surface area contributed by atoms with E-state index in [1.54, 1.807) is 6.07 Å². The highest BCUT2D eigenvalue weighted by molar-refractivity contribution is 9.09. The van der Waals surface area contributed by atoms with Gasteiger partial charge in [-0.1, -0.05) is 29.3 Å². The van der Waals surface area contributed by atoms with Crippen molar-refractivity contribution in [1.82, 2.24) is 4.90 Å². The van der Waals surface area contributed by atoms with Gasteiger partial charge in [-0.05, 0) is 12.5 Å². The lowest BCUT2D eigenvalue weighted by molar-refractivity contribution is 0.0763. The maximum Gasteiger partial charge on any atom is 0.257 e. The van der Waals surface area contributed by atoms with E-state index in [4.69, 9.17) is 4.42 Å². The highest BCUT2D eigenvalue weighted by atomic mass is 79.9. The minimum Gasteiger partial charge on any atom is -0.472 e. The van der Waals surface area contributed by atoms with Gasteiger partial charge in [-0.3, -0.25) is 4.79 Å². The number of carbonyl (C=O) groups is 1. The first-order chi connectivity index (χ1) is 7.29. The summed E-state index contributed by atoms with van der Waals surface area (Å²) in [4.78, 5) is 13.8. The predicted octanol–water partition coefficient (Wildman–Crippen LogP) is 2.92. The lowest BCUT2D eigenvalue weighted by Gasteiger charge is -2.20. The summed E-state index contributed by atoms with van der Waals surface area (Å²) in [6.45, 7) is 3.67. The Labute approximate surface area is 98.6 Å². The van der Waals surface area contributed by atoms with Crippen LogP contribution < -0.4 is 0 Å². The zero-order chi connectivity index (χ0) is 11.1. The number of amides is 1. The fourth-order valence-corrected chi connectivity index (χ4v) is 1.76.